The zero-order valence-corrected chi connectivity index (χ0v) is 17.6. The molecule has 2 amide bonds. The Morgan fingerprint density at radius 1 is 1.13 bits per heavy atom. The second-order valence-electron chi connectivity index (χ2n) is 6.87. The second kappa shape index (κ2) is 8.16. The number of hydrogen-bond donors (Lipinski definition) is 1. The SMILES string of the molecule is COc1ccc([C@@H]2[C@H](C(=O)Nc3nccs3)c3ccccc3C(=O)N2C)cc1OC. The molecular formula is C22H21N3O4S. The number of methoxy groups -OCH3 is 2. The van der Waals surface area contributed by atoms with Crippen molar-refractivity contribution in [3.8, 4) is 11.5 Å². The number of nitrogens with one attached hydrogen (secondary N) is 1. The molecule has 1 aromatic heterocycles. The van der Waals surface area contributed by atoms with Gasteiger partial charge in [-0.2, -0.15) is 0 Å². The minimum Gasteiger partial charge on any atom is -0.493 e. The van der Waals surface area contributed by atoms with Crippen molar-refractivity contribution in [1.29, 1.82) is 0 Å². The Bertz CT molecular complexity index is 1080. The summed E-state index contributed by atoms with van der Waals surface area (Å²) in [6, 6.07) is 12.2. The first-order valence-corrected chi connectivity index (χ1v) is 10.2. The molecule has 0 aliphatic carbocycles. The van der Waals surface area contributed by atoms with Gasteiger partial charge >= 0.3 is 0 Å². The molecule has 1 N–H and O–H groups in total. The summed E-state index contributed by atoms with van der Waals surface area (Å²) in [4.78, 5) is 32.3. The van der Waals surface area contributed by atoms with E-state index in [1.807, 2.05) is 24.3 Å². The third-order valence-corrected chi connectivity index (χ3v) is 5.96. The standard InChI is InChI=1S/C22H21N3O4S/c1-25-19(13-8-9-16(28-2)17(12-13)29-3)18(20(26)24-22-23-10-11-30-22)14-6-4-5-7-15(14)21(25)27/h4-12,18-19H,1-3H3,(H,23,24,26)/t18-,19-/m1/s1. The highest BCUT2D eigenvalue weighted by Crippen LogP contribution is 2.44. The number of rotatable bonds is 5. The third kappa shape index (κ3) is 3.39. The number of fused-ring (bicyclic) bond motifs is 1. The lowest BCUT2D eigenvalue weighted by Gasteiger charge is -2.39. The van der Waals surface area contributed by atoms with Crippen LogP contribution in [0, 0.1) is 0 Å². The average Bonchev–Trinajstić information content (AvgIpc) is 3.28. The molecule has 0 saturated heterocycles. The lowest BCUT2D eigenvalue weighted by atomic mass is 9.79. The van der Waals surface area contributed by atoms with Gasteiger partial charge in [0.1, 0.15) is 0 Å². The van der Waals surface area contributed by atoms with Crippen LogP contribution in [0.25, 0.3) is 0 Å². The summed E-state index contributed by atoms with van der Waals surface area (Å²) in [5, 5.41) is 5.21. The van der Waals surface area contributed by atoms with E-state index in [2.05, 4.69) is 10.3 Å². The van der Waals surface area contributed by atoms with Crippen LogP contribution in [0.5, 0.6) is 11.5 Å². The zero-order chi connectivity index (χ0) is 21.3. The largest absolute Gasteiger partial charge is 0.493 e. The number of benzene rings is 2. The number of carbonyl (C=O) groups excluding carboxylic acids is 2. The lowest BCUT2D eigenvalue weighted by Crippen LogP contribution is -2.44. The van der Waals surface area contributed by atoms with Crippen LogP contribution in [0.3, 0.4) is 0 Å². The molecule has 0 spiro atoms. The molecule has 7 nitrogen and oxygen atoms in total. The number of carbonyl (C=O) groups is 2. The molecule has 0 unspecified atom stereocenters. The molecule has 8 heteroatoms. The van der Waals surface area contributed by atoms with E-state index in [0.29, 0.717) is 27.8 Å². The molecule has 2 atom stereocenters. The van der Waals surface area contributed by atoms with E-state index in [1.54, 1.807) is 55.9 Å². The van der Waals surface area contributed by atoms with Crippen LogP contribution in [0.2, 0.25) is 0 Å². The normalized spacial score (nSPS) is 18.0. The highest BCUT2D eigenvalue weighted by atomic mass is 32.1. The van der Waals surface area contributed by atoms with Crippen LogP contribution in [0.15, 0.2) is 54.0 Å². The first-order chi connectivity index (χ1) is 14.5. The number of hydrogen-bond acceptors (Lipinski definition) is 6. The van der Waals surface area contributed by atoms with Crippen molar-refractivity contribution in [3.05, 3.63) is 70.7 Å². The summed E-state index contributed by atoms with van der Waals surface area (Å²) < 4.78 is 10.8. The summed E-state index contributed by atoms with van der Waals surface area (Å²) in [7, 11) is 4.83. The maximum Gasteiger partial charge on any atom is 0.254 e. The quantitative estimate of drug-likeness (QED) is 0.677. The molecular weight excluding hydrogens is 402 g/mol. The first-order valence-electron chi connectivity index (χ1n) is 9.33. The Balaban J connectivity index is 1.84. The van der Waals surface area contributed by atoms with Crippen molar-refractivity contribution in [1.82, 2.24) is 9.88 Å². The monoisotopic (exact) mass is 423 g/mol. The summed E-state index contributed by atoms with van der Waals surface area (Å²) in [5.74, 6) is 0.134. The zero-order valence-electron chi connectivity index (χ0n) is 16.8. The van der Waals surface area contributed by atoms with Gasteiger partial charge in [0.05, 0.1) is 26.2 Å². The van der Waals surface area contributed by atoms with Crippen LogP contribution in [0.4, 0.5) is 5.13 Å². The van der Waals surface area contributed by atoms with Gasteiger partial charge in [0.25, 0.3) is 5.91 Å². The molecule has 4 rings (SSSR count). The maximum atomic E-state index is 13.4. The van der Waals surface area contributed by atoms with Gasteiger partial charge < -0.3 is 19.7 Å². The van der Waals surface area contributed by atoms with Gasteiger partial charge in [-0.25, -0.2) is 4.98 Å². The van der Waals surface area contributed by atoms with Gasteiger partial charge in [-0.1, -0.05) is 24.3 Å². The van der Waals surface area contributed by atoms with E-state index in [-0.39, 0.29) is 11.8 Å². The average molecular weight is 423 g/mol. The molecule has 0 radical (unpaired) electrons. The Morgan fingerprint density at radius 2 is 1.90 bits per heavy atom. The Hall–Kier alpha value is -3.39. The lowest BCUT2D eigenvalue weighted by molar-refractivity contribution is -0.119. The molecule has 2 heterocycles. The molecule has 1 aliphatic heterocycles. The Morgan fingerprint density at radius 3 is 2.60 bits per heavy atom. The summed E-state index contributed by atoms with van der Waals surface area (Å²) in [6.45, 7) is 0. The molecule has 1 aliphatic rings. The number of aromatic nitrogens is 1. The molecule has 2 aromatic carbocycles. The molecule has 154 valence electrons. The van der Waals surface area contributed by atoms with Crippen LogP contribution < -0.4 is 14.8 Å². The Kier molecular flexibility index (Phi) is 5.41. The fourth-order valence-corrected chi connectivity index (χ4v) is 4.41. The van der Waals surface area contributed by atoms with E-state index in [1.165, 1.54) is 11.3 Å². The van der Waals surface area contributed by atoms with Crippen LogP contribution >= 0.6 is 11.3 Å². The van der Waals surface area contributed by atoms with Crippen LogP contribution in [-0.2, 0) is 4.79 Å². The van der Waals surface area contributed by atoms with Crippen molar-refractivity contribution >= 4 is 28.3 Å². The topological polar surface area (TPSA) is 80.8 Å². The number of thiazole rings is 1. The van der Waals surface area contributed by atoms with Gasteiger partial charge in [-0.05, 0) is 29.3 Å². The van der Waals surface area contributed by atoms with E-state index in [0.717, 1.165) is 5.56 Å². The highest BCUT2D eigenvalue weighted by Gasteiger charge is 2.43. The summed E-state index contributed by atoms with van der Waals surface area (Å²) >= 11 is 1.35. The highest BCUT2D eigenvalue weighted by molar-refractivity contribution is 7.13. The minimum atomic E-state index is -0.620. The fraction of sp³-hybridized carbons (Fsp3) is 0.227. The van der Waals surface area contributed by atoms with Crippen molar-refractivity contribution < 1.29 is 19.1 Å². The predicted molar refractivity (Wildman–Crippen MR) is 114 cm³/mol. The van der Waals surface area contributed by atoms with E-state index in [9.17, 15) is 9.59 Å². The molecule has 0 bridgehead atoms. The summed E-state index contributed by atoms with van der Waals surface area (Å²) in [6.07, 6.45) is 1.64. The van der Waals surface area contributed by atoms with Gasteiger partial charge in [0.2, 0.25) is 5.91 Å². The first kappa shape index (κ1) is 19.9. The van der Waals surface area contributed by atoms with Gasteiger partial charge in [0, 0.05) is 24.2 Å². The second-order valence-corrected chi connectivity index (χ2v) is 7.76. The van der Waals surface area contributed by atoms with Gasteiger partial charge in [-0.15, -0.1) is 11.3 Å². The van der Waals surface area contributed by atoms with Gasteiger partial charge in [-0.3, -0.25) is 9.59 Å². The maximum absolute atomic E-state index is 13.4. The van der Waals surface area contributed by atoms with E-state index >= 15 is 0 Å². The van der Waals surface area contributed by atoms with Crippen LogP contribution in [-0.4, -0.2) is 43.0 Å². The van der Waals surface area contributed by atoms with E-state index < -0.39 is 12.0 Å². The fourth-order valence-electron chi connectivity index (χ4n) is 3.88. The predicted octanol–water partition coefficient (Wildman–Crippen LogP) is 3.71. The number of likely N-dealkylation sites (N-methyl/N-ethyl adjacent to an activating group) is 1. The van der Waals surface area contributed by atoms with Crippen LogP contribution in [0.1, 0.15) is 33.4 Å². The van der Waals surface area contributed by atoms with Crippen molar-refractivity contribution in [2.45, 2.75) is 12.0 Å². The molecule has 0 saturated carbocycles. The number of anilines is 1. The van der Waals surface area contributed by atoms with Crippen molar-refractivity contribution in [2.75, 3.05) is 26.6 Å². The Labute approximate surface area is 178 Å². The molecule has 0 fully saturated rings. The molecule has 3 aromatic rings. The number of nitrogens with zero attached hydrogens (tertiary/aromatic N) is 2. The minimum absolute atomic E-state index is 0.135. The number of ether oxygens (including phenoxy) is 2. The molecule has 30 heavy (non-hydrogen) atoms. The third-order valence-electron chi connectivity index (χ3n) is 5.27. The summed E-state index contributed by atoms with van der Waals surface area (Å²) in [5.41, 5.74) is 1.99. The van der Waals surface area contributed by atoms with Gasteiger partial charge in [0.15, 0.2) is 16.6 Å². The smallest absolute Gasteiger partial charge is 0.254 e. The number of amides is 2. The van der Waals surface area contributed by atoms with Crippen molar-refractivity contribution in [3.63, 3.8) is 0 Å². The van der Waals surface area contributed by atoms with Crippen molar-refractivity contribution in [2.24, 2.45) is 0 Å². The van der Waals surface area contributed by atoms with E-state index in [4.69, 9.17) is 9.47 Å².